The molecule has 2 aliphatic rings. The van der Waals surface area contributed by atoms with Crippen molar-refractivity contribution in [3.8, 4) is 0 Å². The van der Waals surface area contributed by atoms with Gasteiger partial charge in [-0.05, 0) is 45.2 Å². The summed E-state index contributed by atoms with van der Waals surface area (Å²) in [6, 6.07) is 2.30. The number of likely N-dealkylation sites (N-methyl/N-ethyl adjacent to an activating group) is 2. The van der Waals surface area contributed by atoms with Gasteiger partial charge in [0.05, 0.1) is 0 Å². The summed E-state index contributed by atoms with van der Waals surface area (Å²) in [4.78, 5) is 2.65. The molecule has 0 saturated heterocycles. The third-order valence-electron chi connectivity index (χ3n) is 4.80. The first kappa shape index (κ1) is 11.4. The predicted octanol–water partition coefficient (Wildman–Crippen LogP) is 2.25. The lowest BCUT2D eigenvalue weighted by Crippen LogP contribution is -2.53. The Morgan fingerprint density at radius 1 is 1.20 bits per heavy atom. The van der Waals surface area contributed by atoms with E-state index in [1.165, 1.54) is 32.1 Å². The Morgan fingerprint density at radius 2 is 1.87 bits per heavy atom. The average Bonchev–Trinajstić information content (AvgIpc) is 2.37. The molecule has 2 unspecified atom stereocenters. The minimum absolute atomic E-state index is 0.470. The number of hydrogen-bond donors (Lipinski definition) is 1. The van der Waals surface area contributed by atoms with Gasteiger partial charge in [-0.25, -0.2) is 0 Å². The van der Waals surface area contributed by atoms with Gasteiger partial charge in [0.2, 0.25) is 0 Å². The SMILES string of the molecule is CNC1C(N(C)C2CCC2)CCC1(C)C. The highest BCUT2D eigenvalue weighted by atomic mass is 15.2. The Morgan fingerprint density at radius 3 is 2.33 bits per heavy atom. The lowest BCUT2D eigenvalue weighted by Gasteiger charge is -2.42. The van der Waals surface area contributed by atoms with Gasteiger partial charge >= 0.3 is 0 Å². The van der Waals surface area contributed by atoms with E-state index in [0.29, 0.717) is 11.5 Å². The number of nitrogens with one attached hydrogen (secondary N) is 1. The fraction of sp³-hybridized carbons (Fsp3) is 1.00. The molecule has 2 aliphatic carbocycles. The quantitative estimate of drug-likeness (QED) is 0.768. The van der Waals surface area contributed by atoms with Crippen LogP contribution >= 0.6 is 0 Å². The summed E-state index contributed by atoms with van der Waals surface area (Å²) < 4.78 is 0. The van der Waals surface area contributed by atoms with E-state index in [0.717, 1.165) is 12.1 Å². The largest absolute Gasteiger partial charge is 0.315 e. The van der Waals surface area contributed by atoms with Crippen LogP contribution in [0.1, 0.15) is 46.0 Å². The molecule has 2 fully saturated rings. The Bertz CT molecular complexity index is 221. The molecule has 88 valence electrons. The highest BCUT2D eigenvalue weighted by Gasteiger charge is 2.44. The van der Waals surface area contributed by atoms with Crippen molar-refractivity contribution in [1.29, 1.82) is 0 Å². The molecule has 0 heterocycles. The van der Waals surface area contributed by atoms with Crippen LogP contribution in [0.5, 0.6) is 0 Å². The molecule has 0 radical (unpaired) electrons. The first-order valence-electron chi connectivity index (χ1n) is 6.45. The van der Waals surface area contributed by atoms with E-state index >= 15 is 0 Å². The molecule has 0 aromatic heterocycles. The van der Waals surface area contributed by atoms with Crippen LogP contribution in [0.15, 0.2) is 0 Å². The summed E-state index contributed by atoms with van der Waals surface area (Å²) in [6.07, 6.45) is 7.01. The summed E-state index contributed by atoms with van der Waals surface area (Å²) in [5, 5.41) is 3.55. The third kappa shape index (κ3) is 1.94. The minimum atomic E-state index is 0.470. The summed E-state index contributed by atoms with van der Waals surface area (Å²) in [6.45, 7) is 4.81. The van der Waals surface area contributed by atoms with Gasteiger partial charge in [0.25, 0.3) is 0 Å². The monoisotopic (exact) mass is 210 g/mol. The highest BCUT2D eigenvalue weighted by molar-refractivity contribution is 5.01. The van der Waals surface area contributed by atoms with E-state index in [-0.39, 0.29) is 0 Å². The molecule has 0 aliphatic heterocycles. The zero-order valence-corrected chi connectivity index (χ0v) is 10.7. The molecule has 2 rings (SSSR count). The molecule has 0 aromatic rings. The zero-order chi connectivity index (χ0) is 11.1. The minimum Gasteiger partial charge on any atom is -0.315 e. The fourth-order valence-electron chi connectivity index (χ4n) is 3.45. The molecule has 2 saturated carbocycles. The van der Waals surface area contributed by atoms with Crippen LogP contribution in [0.3, 0.4) is 0 Å². The van der Waals surface area contributed by atoms with Gasteiger partial charge in [-0.2, -0.15) is 0 Å². The van der Waals surface area contributed by atoms with Crippen molar-refractivity contribution in [3.05, 3.63) is 0 Å². The van der Waals surface area contributed by atoms with Crippen LogP contribution in [-0.2, 0) is 0 Å². The third-order valence-corrected chi connectivity index (χ3v) is 4.80. The maximum Gasteiger partial charge on any atom is 0.0271 e. The predicted molar refractivity (Wildman–Crippen MR) is 65.1 cm³/mol. The standard InChI is InChI=1S/C13H26N2/c1-13(2)9-8-11(12(13)14-3)15(4)10-6-5-7-10/h10-12,14H,5-9H2,1-4H3. The molecule has 2 atom stereocenters. The zero-order valence-electron chi connectivity index (χ0n) is 10.7. The summed E-state index contributed by atoms with van der Waals surface area (Å²) in [5.74, 6) is 0. The topological polar surface area (TPSA) is 15.3 Å². The van der Waals surface area contributed by atoms with Gasteiger partial charge in [-0.3, -0.25) is 4.90 Å². The summed E-state index contributed by atoms with van der Waals surface area (Å²) >= 11 is 0. The van der Waals surface area contributed by atoms with Gasteiger partial charge in [-0.15, -0.1) is 0 Å². The van der Waals surface area contributed by atoms with Gasteiger partial charge in [0.1, 0.15) is 0 Å². The Balaban J connectivity index is 2.02. The number of rotatable bonds is 3. The van der Waals surface area contributed by atoms with Gasteiger partial charge in [-0.1, -0.05) is 20.3 Å². The molecule has 0 spiro atoms. The highest BCUT2D eigenvalue weighted by Crippen LogP contribution is 2.41. The van der Waals surface area contributed by atoms with Crippen LogP contribution in [0, 0.1) is 5.41 Å². The first-order chi connectivity index (χ1) is 7.06. The van der Waals surface area contributed by atoms with Crippen LogP contribution < -0.4 is 5.32 Å². The molecule has 0 amide bonds. The summed E-state index contributed by atoms with van der Waals surface area (Å²) in [5.41, 5.74) is 0.470. The van der Waals surface area contributed by atoms with Crippen molar-refractivity contribution in [1.82, 2.24) is 10.2 Å². The van der Waals surface area contributed by atoms with Crippen LogP contribution in [-0.4, -0.2) is 37.1 Å². The van der Waals surface area contributed by atoms with Crippen molar-refractivity contribution >= 4 is 0 Å². The van der Waals surface area contributed by atoms with E-state index in [4.69, 9.17) is 0 Å². The Labute approximate surface area is 94.4 Å². The van der Waals surface area contributed by atoms with Crippen LogP contribution in [0.4, 0.5) is 0 Å². The van der Waals surface area contributed by atoms with E-state index in [1.54, 1.807) is 0 Å². The Hall–Kier alpha value is -0.0800. The first-order valence-corrected chi connectivity index (χ1v) is 6.45. The van der Waals surface area contributed by atoms with Gasteiger partial charge < -0.3 is 5.32 Å². The summed E-state index contributed by atoms with van der Waals surface area (Å²) in [7, 11) is 4.46. The molecule has 15 heavy (non-hydrogen) atoms. The maximum absolute atomic E-state index is 3.55. The van der Waals surface area contributed by atoms with Crippen molar-refractivity contribution in [2.24, 2.45) is 5.41 Å². The van der Waals surface area contributed by atoms with E-state index in [1.807, 2.05) is 0 Å². The second-order valence-electron chi connectivity index (χ2n) is 6.11. The molecule has 0 bridgehead atoms. The lowest BCUT2D eigenvalue weighted by molar-refractivity contribution is 0.0864. The second kappa shape index (κ2) is 4.06. The normalized spacial score (nSPS) is 35.8. The van der Waals surface area contributed by atoms with E-state index in [2.05, 4.69) is 38.2 Å². The van der Waals surface area contributed by atoms with E-state index < -0.39 is 0 Å². The van der Waals surface area contributed by atoms with Crippen molar-refractivity contribution < 1.29 is 0 Å². The number of hydrogen-bond acceptors (Lipinski definition) is 2. The van der Waals surface area contributed by atoms with Crippen molar-refractivity contribution in [3.63, 3.8) is 0 Å². The lowest BCUT2D eigenvalue weighted by atomic mass is 9.85. The number of nitrogens with zero attached hydrogens (tertiary/aromatic N) is 1. The molecule has 1 N–H and O–H groups in total. The second-order valence-corrected chi connectivity index (χ2v) is 6.11. The van der Waals surface area contributed by atoms with Crippen LogP contribution in [0.25, 0.3) is 0 Å². The van der Waals surface area contributed by atoms with Crippen molar-refractivity contribution in [2.45, 2.75) is 64.1 Å². The fourth-order valence-corrected chi connectivity index (χ4v) is 3.45. The smallest absolute Gasteiger partial charge is 0.0271 e. The van der Waals surface area contributed by atoms with Crippen LogP contribution in [0.2, 0.25) is 0 Å². The maximum atomic E-state index is 3.55. The molecule has 2 heteroatoms. The molecule has 2 nitrogen and oxygen atoms in total. The molecular weight excluding hydrogens is 184 g/mol. The van der Waals surface area contributed by atoms with E-state index in [9.17, 15) is 0 Å². The molecule has 0 aromatic carbocycles. The Kier molecular flexibility index (Phi) is 3.09. The van der Waals surface area contributed by atoms with Crippen molar-refractivity contribution in [2.75, 3.05) is 14.1 Å². The van der Waals surface area contributed by atoms with Gasteiger partial charge in [0, 0.05) is 18.1 Å². The average molecular weight is 210 g/mol. The van der Waals surface area contributed by atoms with Gasteiger partial charge in [0.15, 0.2) is 0 Å². The molecular formula is C13H26N2.